The van der Waals surface area contributed by atoms with Crippen molar-refractivity contribution in [1.82, 2.24) is 14.9 Å². The molecule has 1 amide bonds. The van der Waals surface area contributed by atoms with Crippen molar-refractivity contribution in [1.29, 1.82) is 0 Å². The van der Waals surface area contributed by atoms with E-state index in [4.69, 9.17) is 4.74 Å². The molecule has 2 saturated heterocycles. The molecule has 0 spiro atoms. The number of rotatable bonds is 11. The molecular weight excluding hydrogens is 550 g/mol. The quantitative estimate of drug-likeness (QED) is 0.309. The molecule has 208 valence electrons. The fraction of sp³-hybridized carbons (Fsp3) is 0.542. The summed E-state index contributed by atoms with van der Waals surface area (Å²) >= 11 is 1.33. The minimum absolute atomic E-state index is 0.0188. The number of anilines is 1. The summed E-state index contributed by atoms with van der Waals surface area (Å²) in [5, 5.41) is 9.69. The highest BCUT2D eigenvalue weighted by Gasteiger charge is 2.24. The Morgan fingerprint density at radius 2 is 1.82 bits per heavy atom. The second kappa shape index (κ2) is 12.6. The van der Waals surface area contributed by atoms with E-state index in [1.54, 1.807) is 18.3 Å². The molecule has 4 rings (SSSR count). The van der Waals surface area contributed by atoms with Gasteiger partial charge >= 0.3 is 0 Å². The summed E-state index contributed by atoms with van der Waals surface area (Å²) < 4.78 is 53.5. The van der Waals surface area contributed by atoms with Crippen LogP contribution in [0.1, 0.15) is 29.7 Å². The zero-order chi connectivity index (χ0) is 27.2. The first-order valence-corrected chi connectivity index (χ1v) is 16.8. The van der Waals surface area contributed by atoms with Crippen LogP contribution in [0.5, 0.6) is 0 Å². The number of hydrogen-bond donors (Lipinski definition) is 1. The highest BCUT2D eigenvalue weighted by Crippen LogP contribution is 2.22. The standard InChI is InChI=1S/C24H33N5O6S3/c1-35-13-4-14-38(33,34)21-7-5-19(6-8-21)22(27-29-9-2-3-10-29)23(30)26-24-25-17-20(36-24)18-28-11-15-37(31,32)16-12-28/h5-8,17H,2-4,9-16,18H2,1H3,(H,25,26,30)/b27-22+. The van der Waals surface area contributed by atoms with E-state index >= 15 is 0 Å². The molecular formula is C24H33N5O6S3. The van der Waals surface area contributed by atoms with E-state index in [1.165, 1.54) is 30.6 Å². The zero-order valence-corrected chi connectivity index (χ0v) is 23.8. The van der Waals surface area contributed by atoms with Crippen LogP contribution in [0.25, 0.3) is 0 Å². The van der Waals surface area contributed by atoms with Gasteiger partial charge in [0.05, 0.1) is 22.2 Å². The highest BCUT2D eigenvalue weighted by atomic mass is 32.2. The van der Waals surface area contributed by atoms with E-state index in [1.807, 2.05) is 5.01 Å². The van der Waals surface area contributed by atoms with Crippen LogP contribution >= 0.6 is 11.3 Å². The Bertz CT molecular complexity index is 1340. The van der Waals surface area contributed by atoms with Crippen molar-refractivity contribution in [3.63, 3.8) is 0 Å². The van der Waals surface area contributed by atoms with Crippen LogP contribution in [0, 0.1) is 0 Å². The molecule has 0 unspecified atom stereocenters. The van der Waals surface area contributed by atoms with E-state index in [2.05, 4.69) is 20.3 Å². The molecule has 1 aromatic carbocycles. The predicted octanol–water partition coefficient (Wildman–Crippen LogP) is 1.62. The third kappa shape index (κ3) is 7.82. The van der Waals surface area contributed by atoms with Crippen LogP contribution in [-0.4, -0.2) is 101 Å². The normalized spacial score (nSPS) is 18.6. The van der Waals surface area contributed by atoms with Crippen LogP contribution in [0.3, 0.4) is 0 Å². The Labute approximate surface area is 227 Å². The number of sulfone groups is 2. The lowest BCUT2D eigenvalue weighted by Gasteiger charge is -2.25. The van der Waals surface area contributed by atoms with E-state index in [0.717, 1.165) is 30.8 Å². The molecule has 14 heteroatoms. The van der Waals surface area contributed by atoms with E-state index in [9.17, 15) is 21.6 Å². The Morgan fingerprint density at radius 3 is 2.47 bits per heavy atom. The maximum absolute atomic E-state index is 13.3. The number of hydrazone groups is 1. The lowest BCUT2D eigenvalue weighted by Crippen LogP contribution is -2.39. The van der Waals surface area contributed by atoms with Gasteiger partial charge in [-0.1, -0.05) is 12.1 Å². The van der Waals surface area contributed by atoms with Gasteiger partial charge in [-0.25, -0.2) is 21.8 Å². The van der Waals surface area contributed by atoms with Crippen molar-refractivity contribution >= 4 is 47.8 Å². The van der Waals surface area contributed by atoms with Gasteiger partial charge in [-0.2, -0.15) is 5.10 Å². The van der Waals surface area contributed by atoms with E-state index in [-0.39, 0.29) is 27.9 Å². The van der Waals surface area contributed by atoms with Crippen LogP contribution in [-0.2, 0) is 35.8 Å². The SMILES string of the molecule is COCCCS(=O)(=O)c1ccc(/C(=N\N2CCCC2)C(=O)Nc2ncc(CN3CCS(=O)(=O)CC3)s2)cc1. The Hall–Kier alpha value is -2.39. The van der Waals surface area contributed by atoms with Gasteiger partial charge in [-0.15, -0.1) is 11.3 Å². The first-order chi connectivity index (χ1) is 18.1. The van der Waals surface area contributed by atoms with Gasteiger partial charge in [0.15, 0.2) is 30.5 Å². The molecule has 2 fully saturated rings. The number of benzene rings is 1. The van der Waals surface area contributed by atoms with Crippen molar-refractivity contribution in [3.8, 4) is 0 Å². The molecule has 2 aliphatic rings. The smallest absolute Gasteiger partial charge is 0.278 e. The number of carbonyl (C=O) groups is 1. The molecule has 0 bridgehead atoms. The summed E-state index contributed by atoms with van der Waals surface area (Å²) in [5.41, 5.74) is 0.699. The van der Waals surface area contributed by atoms with Gasteiger partial charge < -0.3 is 4.74 Å². The van der Waals surface area contributed by atoms with E-state index in [0.29, 0.717) is 43.4 Å². The van der Waals surface area contributed by atoms with Gasteiger partial charge in [0.25, 0.3) is 5.91 Å². The average Bonchev–Trinajstić information content (AvgIpc) is 3.56. The Balaban J connectivity index is 1.46. The molecule has 0 radical (unpaired) electrons. The molecule has 1 aromatic heterocycles. The number of thiazole rings is 1. The van der Waals surface area contributed by atoms with Crippen molar-refractivity contribution in [2.24, 2.45) is 5.10 Å². The molecule has 2 aromatic rings. The minimum Gasteiger partial charge on any atom is -0.385 e. The van der Waals surface area contributed by atoms with Crippen LogP contribution in [0.15, 0.2) is 40.5 Å². The lowest BCUT2D eigenvalue weighted by atomic mass is 10.1. The average molecular weight is 584 g/mol. The number of carbonyl (C=O) groups excluding carboxylic acids is 1. The summed E-state index contributed by atoms with van der Waals surface area (Å²) in [6.45, 7) is 3.38. The molecule has 0 aliphatic carbocycles. The third-order valence-corrected chi connectivity index (χ3v) is 10.7. The first kappa shape index (κ1) is 28.6. The van der Waals surface area contributed by atoms with Crippen LogP contribution in [0.2, 0.25) is 0 Å². The highest BCUT2D eigenvalue weighted by molar-refractivity contribution is 7.91. The summed E-state index contributed by atoms with van der Waals surface area (Å²) in [4.78, 5) is 20.8. The second-order valence-electron chi connectivity index (χ2n) is 9.31. The topological polar surface area (TPSA) is 138 Å². The molecule has 3 heterocycles. The molecule has 0 atom stereocenters. The number of methoxy groups -OCH3 is 1. The summed E-state index contributed by atoms with van der Waals surface area (Å²) in [7, 11) is -4.88. The summed E-state index contributed by atoms with van der Waals surface area (Å²) in [6.07, 6.45) is 4.07. The number of aromatic nitrogens is 1. The van der Waals surface area contributed by atoms with Gasteiger partial charge in [0, 0.05) is 63.1 Å². The zero-order valence-electron chi connectivity index (χ0n) is 21.3. The van der Waals surface area contributed by atoms with Crippen molar-refractivity contribution in [3.05, 3.63) is 40.9 Å². The minimum atomic E-state index is -3.46. The molecule has 0 saturated carbocycles. The van der Waals surface area contributed by atoms with E-state index < -0.39 is 25.6 Å². The number of nitrogens with one attached hydrogen (secondary N) is 1. The van der Waals surface area contributed by atoms with Crippen molar-refractivity contribution < 1.29 is 26.4 Å². The number of amides is 1. The molecule has 38 heavy (non-hydrogen) atoms. The fourth-order valence-electron chi connectivity index (χ4n) is 4.23. The number of nitrogens with zero attached hydrogens (tertiary/aromatic N) is 4. The molecule has 11 nitrogen and oxygen atoms in total. The first-order valence-electron chi connectivity index (χ1n) is 12.5. The maximum atomic E-state index is 13.3. The summed E-state index contributed by atoms with van der Waals surface area (Å²) in [6, 6.07) is 6.22. The fourth-order valence-corrected chi connectivity index (χ4v) is 7.64. The Kier molecular flexibility index (Phi) is 9.52. The van der Waals surface area contributed by atoms with Gasteiger partial charge in [0.2, 0.25) is 0 Å². The second-order valence-corrected chi connectivity index (χ2v) is 14.8. The summed E-state index contributed by atoms with van der Waals surface area (Å²) in [5.74, 6) is -0.148. The maximum Gasteiger partial charge on any atom is 0.278 e. The number of ether oxygens (including phenoxy) is 1. The monoisotopic (exact) mass is 583 g/mol. The van der Waals surface area contributed by atoms with Crippen molar-refractivity contribution in [2.75, 3.05) is 62.5 Å². The largest absolute Gasteiger partial charge is 0.385 e. The van der Waals surface area contributed by atoms with Crippen LogP contribution < -0.4 is 5.32 Å². The molecule has 1 N–H and O–H groups in total. The number of hydrogen-bond acceptors (Lipinski definition) is 11. The predicted molar refractivity (Wildman–Crippen MR) is 147 cm³/mol. The van der Waals surface area contributed by atoms with Crippen molar-refractivity contribution in [2.45, 2.75) is 30.7 Å². The van der Waals surface area contributed by atoms with Gasteiger partial charge in [0.1, 0.15) is 0 Å². The Morgan fingerprint density at radius 1 is 1.13 bits per heavy atom. The molecule has 2 aliphatic heterocycles. The van der Waals surface area contributed by atoms with Gasteiger partial charge in [-0.05, 0) is 31.4 Å². The van der Waals surface area contributed by atoms with Crippen LogP contribution in [0.4, 0.5) is 5.13 Å². The third-order valence-electron chi connectivity index (χ3n) is 6.38. The van der Waals surface area contributed by atoms with Gasteiger partial charge in [-0.3, -0.25) is 20.0 Å². The lowest BCUT2D eigenvalue weighted by molar-refractivity contribution is -0.110.